The first kappa shape index (κ1) is 15.3. The molecule has 1 fully saturated rings. The third-order valence-electron chi connectivity index (χ3n) is 4.25. The Balaban J connectivity index is 2.21. The second-order valence-electron chi connectivity index (χ2n) is 5.44. The fraction of sp³-hybridized carbons (Fsp3) is 0.600. The van der Waals surface area contributed by atoms with Gasteiger partial charge in [0, 0.05) is 6.04 Å². The Morgan fingerprint density at radius 1 is 1.25 bits per heavy atom. The monoisotopic (exact) mass is 289 g/mol. The molecule has 0 aromatic heterocycles. The van der Waals surface area contributed by atoms with E-state index >= 15 is 0 Å². The van der Waals surface area contributed by atoms with Gasteiger partial charge < -0.3 is 5.32 Å². The third-order valence-corrected chi connectivity index (χ3v) is 4.25. The first-order valence-corrected chi connectivity index (χ1v) is 6.94. The topological polar surface area (TPSA) is 12.0 Å². The van der Waals surface area contributed by atoms with Gasteiger partial charge in [-0.15, -0.1) is 0 Å². The minimum Gasteiger partial charge on any atom is -0.314 e. The van der Waals surface area contributed by atoms with Crippen LogP contribution in [-0.4, -0.2) is 12.6 Å². The number of nitrogens with one attached hydrogen (secondary N) is 1. The first-order valence-electron chi connectivity index (χ1n) is 6.94. The van der Waals surface area contributed by atoms with Crippen molar-refractivity contribution in [2.45, 2.75) is 44.8 Å². The quantitative estimate of drug-likeness (QED) is 0.816. The molecule has 112 valence electrons. The summed E-state index contributed by atoms with van der Waals surface area (Å²) in [6, 6.07) is 3.69. The molecule has 0 amide bonds. The molecule has 0 heterocycles. The highest BCUT2D eigenvalue weighted by Gasteiger charge is 2.36. The molecule has 2 rings (SSSR count). The number of hydrogen-bond acceptors (Lipinski definition) is 1. The molecule has 0 radical (unpaired) electrons. The summed E-state index contributed by atoms with van der Waals surface area (Å²) >= 11 is 0. The van der Waals surface area contributed by atoms with E-state index < -0.39 is 17.6 Å². The first-order chi connectivity index (χ1) is 9.34. The van der Waals surface area contributed by atoms with Crippen LogP contribution in [0.2, 0.25) is 0 Å². The summed E-state index contributed by atoms with van der Waals surface area (Å²) in [5, 5.41) is 3.37. The van der Waals surface area contributed by atoms with E-state index in [4.69, 9.17) is 0 Å². The van der Waals surface area contributed by atoms with E-state index in [9.17, 15) is 17.6 Å². The fourth-order valence-corrected chi connectivity index (χ4v) is 3.18. The predicted octanol–water partition coefficient (Wildman–Crippen LogP) is 4.34. The van der Waals surface area contributed by atoms with Gasteiger partial charge in [0.2, 0.25) is 0 Å². The lowest BCUT2D eigenvalue weighted by Gasteiger charge is -2.22. The normalized spacial score (nSPS) is 27.0. The van der Waals surface area contributed by atoms with Gasteiger partial charge in [-0.3, -0.25) is 0 Å². The van der Waals surface area contributed by atoms with Crippen molar-refractivity contribution >= 4 is 0 Å². The van der Waals surface area contributed by atoms with E-state index in [1.165, 1.54) is 6.07 Å². The van der Waals surface area contributed by atoms with Gasteiger partial charge in [0.05, 0.1) is 5.56 Å². The van der Waals surface area contributed by atoms with E-state index in [0.717, 1.165) is 31.5 Å². The van der Waals surface area contributed by atoms with Crippen molar-refractivity contribution in [2.24, 2.45) is 5.92 Å². The van der Waals surface area contributed by atoms with Crippen LogP contribution in [-0.2, 0) is 6.18 Å². The van der Waals surface area contributed by atoms with Crippen molar-refractivity contribution in [1.82, 2.24) is 5.32 Å². The molecule has 1 aromatic rings. The van der Waals surface area contributed by atoms with Crippen LogP contribution in [0.4, 0.5) is 17.6 Å². The summed E-state index contributed by atoms with van der Waals surface area (Å²) < 4.78 is 51.3. The van der Waals surface area contributed by atoms with Gasteiger partial charge in [-0.25, -0.2) is 4.39 Å². The Labute approximate surface area is 116 Å². The Morgan fingerprint density at radius 3 is 2.50 bits per heavy atom. The van der Waals surface area contributed by atoms with Crippen molar-refractivity contribution in [3.63, 3.8) is 0 Å². The van der Waals surface area contributed by atoms with Crippen LogP contribution < -0.4 is 5.32 Å². The smallest absolute Gasteiger partial charge is 0.314 e. The highest BCUT2D eigenvalue weighted by Crippen LogP contribution is 2.41. The standard InChI is InChI=1S/C15H19F4N/c1-3-20-14-7-5-11(9(14)2)10-4-6-12(13(16)8-10)15(17,18)19/h4,6,8-9,11,14,20H,3,5,7H2,1-2H3. The molecular formula is C15H19F4N. The number of benzene rings is 1. The van der Waals surface area contributed by atoms with E-state index in [0.29, 0.717) is 17.5 Å². The van der Waals surface area contributed by atoms with Crippen LogP contribution in [0, 0.1) is 11.7 Å². The van der Waals surface area contributed by atoms with Gasteiger partial charge in [-0.05, 0) is 48.9 Å². The Bertz CT molecular complexity index is 469. The highest BCUT2D eigenvalue weighted by atomic mass is 19.4. The molecule has 1 nitrogen and oxygen atoms in total. The highest BCUT2D eigenvalue weighted by molar-refractivity contribution is 5.30. The lowest BCUT2D eigenvalue weighted by Crippen LogP contribution is -2.32. The maximum absolute atomic E-state index is 13.6. The lowest BCUT2D eigenvalue weighted by atomic mass is 9.88. The van der Waals surface area contributed by atoms with Crippen LogP contribution in [0.15, 0.2) is 18.2 Å². The van der Waals surface area contributed by atoms with Crippen LogP contribution in [0.3, 0.4) is 0 Å². The van der Waals surface area contributed by atoms with Crippen molar-refractivity contribution in [3.8, 4) is 0 Å². The van der Waals surface area contributed by atoms with Crippen molar-refractivity contribution < 1.29 is 17.6 Å². The van der Waals surface area contributed by atoms with Crippen LogP contribution in [0.5, 0.6) is 0 Å². The minimum absolute atomic E-state index is 0.121. The van der Waals surface area contributed by atoms with E-state index in [2.05, 4.69) is 12.2 Å². The Morgan fingerprint density at radius 2 is 1.95 bits per heavy atom. The molecule has 0 saturated heterocycles. The van der Waals surface area contributed by atoms with Gasteiger partial charge in [-0.2, -0.15) is 13.2 Å². The molecule has 1 saturated carbocycles. The zero-order valence-electron chi connectivity index (χ0n) is 11.6. The number of rotatable bonds is 3. The second kappa shape index (κ2) is 5.72. The summed E-state index contributed by atoms with van der Waals surface area (Å²) in [4.78, 5) is 0. The zero-order chi connectivity index (χ0) is 14.9. The van der Waals surface area contributed by atoms with Crippen LogP contribution in [0.25, 0.3) is 0 Å². The maximum Gasteiger partial charge on any atom is 0.419 e. The zero-order valence-corrected chi connectivity index (χ0v) is 11.6. The molecule has 1 aromatic carbocycles. The van der Waals surface area contributed by atoms with Gasteiger partial charge >= 0.3 is 6.18 Å². The molecule has 3 atom stereocenters. The average Bonchev–Trinajstić information content (AvgIpc) is 2.70. The van der Waals surface area contributed by atoms with Crippen LogP contribution in [0.1, 0.15) is 43.7 Å². The molecule has 0 aliphatic heterocycles. The molecule has 3 unspecified atom stereocenters. The maximum atomic E-state index is 13.6. The predicted molar refractivity (Wildman–Crippen MR) is 70.0 cm³/mol. The van der Waals surface area contributed by atoms with Crippen molar-refractivity contribution in [2.75, 3.05) is 6.54 Å². The second-order valence-corrected chi connectivity index (χ2v) is 5.44. The Kier molecular flexibility index (Phi) is 4.37. The third kappa shape index (κ3) is 2.97. The van der Waals surface area contributed by atoms with Crippen molar-refractivity contribution in [1.29, 1.82) is 0 Å². The van der Waals surface area contributed by atoms with E-state index in [1.807, 2.05) is 6.92 Å². The molecular weight excluding hydrogens is 270 g/mol. The minimum atomic E-state index is -4.63. The number of hydrogen-bond donors (Lipinski definition) is 1. The molecule has 20 heavy (non-hydrogen) atoms. The molecule has 1 aliphatic rings. The summed E-state index contributed by atoms with van der Waals surface area (Å²) in [6.07, 6.45) is -2.78. The fourth-order valence-electron chi connectivity index (χ4n) is 3.18. The molecule has 0 spiro atoms. The number of alkyl halides is 3. The molecule has 0 bridgehead atoms. The van der Waals surface area contributed by atoms with Gasteiger partial charge in [-0.1, -0.05) is 19.9 Å². The summed E-state index contributed by atoms with van der Waals surface area (Å²) in [7, 11) is 0. The summed E-state index contributed by atoms with van der Waals surface area (Å²) in [5.41, 5.74) is -0.515. The average molecular weight is 289 g/mol. The molecule has 1 aliphatic carbocycles. The van der Waals surface area contributed by atoms with E-state index in [1.54, 1.807) is 0 Å². The summed E-state index contributed by atoms with van der Waals surface area (Å²) in [6.45, 7) is 4.96. The van der Waals surface area contributed by atoms with Crippen LogP contribution >= 0.6 is 0 Å². The van der Waals surface area contributed by atoms with Gasteiger partial charge in [0.15, 0.2) is 0 Å². The SMILES string of the molecule is CCNC1CCC(c2ccc(C(F)(F)F)c(F)c2)C1C. The van der Waals surface area contributed by atoms with Crippen molar-refractivity contribution in [3.05, 3.63) is 35.1 Å². The molecule has 5 heteroatoms. The van der Waals surface area contributed by atoms with E-state index in [-0.39, 0.29) is 5.92 Å². The largest absolute Gasteiger partial charge is 0.419 e. The molecule has 1 N–H and O–H groups in total. The van der Waals surface area contributed by atoms with Gasteiger partial charge in [0.1, 0.15) is 5.82 Å². The van der Waals surface area contributed by atoms with Gasteiger partial charge in [0.25, 0.3) is 0 Å². The Hall–Kier alpha value is -1.10. The number of halogens is 4. The lowest BCUT2D eigenvalue weighted by molar-refractivity contribution is -0.140. The summed E-state index contributed by atoms with van der Waals surface area (Å²) in [5.74, 6) is -0.754.